The second-order valence-electron chi connectivity index (χ2n) is 7.76. The smallest absolute Gasteiger partial charge is 0.334 e. The Hall–Kier alpha value is -2.68. The molecule has 28 heavy (non-hydrogen) atoms. The maximum atomic E-state index is 15.1. The minimum Gasteiger partial charge on any atom is -0.492 e. The first-order valence-corrected chi connectivity index (χ1v) is 9.27. The number of carbonyl (C=O) groups is 3. The number of fused-ring (bicyclic) bond motifs is 1. The zero-order valence-corrected chi connectivity index (χ0v) is 15.6. The standard InChI is InChI=1S/C19H22FN3O5/c1-8-6-22(7-12(8)21)14-11(20)5-10-13(18(14)28-2)23(9-3-4-9)15(19(26)27)17(25)16(10)24/h5,8-9,12,15H,3-4,6-7,21H2,1-2H3,(H,26,27)/t8-,12-,15?/m1/s1. The lowest BCUT2D eigenvalue weighted by Crippen LogP contribution is -2.54. The number of benzene rings is 1. The number of carboxylic acid groups (broad SMARTS) is 1. The topological polar surface area (TPSA) is 113 Å². The van der Waals surface area contributed by atoms with Gasteiger partial charge in [-0.15, -0.1) is 0 Å². The molecule has 8 nitrogen and oxygen atoms in total. The third-order valence-corrected chi connectivity index (χ3v) is 5.80. The van der Waals surface area contributed by atoms with Crippen LogP contribution in [0.3, 0.4) is 0 Å². The molecule has 150 valence electrons. The molecular weight excluding hydrogens is 369 g/mol. The van der Waals surface area contributed by atoms with Gasteiger partial charge in [0, 0.05) is 25.2 Å². The number of anilines is 2. The fraction of sp³-hybridized carbons (Fsp3) is 0.526. The quantitative estimate of drug-likeness (QED) is 0.573. The van der Waals surface area contributed by atoms with Crippen LogP contribution in [0.4, 0.5) is 15.8 Å². The van der Waals surface area contributed by atoms with Crippen LogP contribution in [-0.2, 0) is 9.59 Å². The highest BCUT2D eigenvalue weighted by Gasteiger charge is 2.51. The summed E-state index contributed by atoms with van der Waals surface area (Å²) in [5, 5.41) is 9.61. The maximum Gasteiger partial charge on any atom is 0.334 e. The van der Waals surface area contributed by atoms with Crippen LogP contribution in [-0.4, -0.2) is 61.0 Å². The number of ether oxygens (including phenoxy) is 1. The molecule has 0 spiro atoms. The molecule has 1 saturated heterocycles. The number of hydrogen-bond acceptors (Lipinski definition) is 7. The van der Waals surface area contributed by atoms with Gasteiger partial charge < -0.3 is 25.4 Å². The van der Waals surface area contributed by atoms with Crippen molar-refractivity contribution >= 4 is 28.9 Å². The summed E-state index contributed by atoms with van der Waals surface area (Å²) in [7, 11) is 1.35. The highest BCUT2D eigenvalue weighted by atomic mass is 19.1. The number of methoxy groups -OCH3 is 1. The Bertz CT molecular complexity index is 875. The fourth-order valence-electron chi connectivity index (χ4n) is 4.19. The number of rotatable bonds is 4. The highest BCUT2D eigenvalue weighted by Crippen LogP contribution is 2.49. The van der Waals surface area contributed by atoms with Gasteiger partial charge in [-0.1, -0.05) is 6.92 Å². The van der Waals surface area contributed by atoms with Crippen LogP contribution in [0.5, 0.6) is 5.75 Å². The Labute approximate surface area is 161 Å². The molecule has 9 heteroatoms. The van der Waals surface area contributed by atoms with E-state index in [4.69, 9.17) is 10.5 Å². The molecule has 2 aliphatic heterocycles. The number of halogens is 1. The van der Waals surface area contributed by atoms with Crippen molar-refractivity contribution in [1.82, 2.24) is 0 Å². The predicted molar refractivity (Wildman–Crippen MR) is 98.6 cm³/mol. The van der Waals surface area contributed by atoms with Gasteiger partial charge in [0.1, 0.15) is 5.69 Å². The van der Waals surface area contributed by atoms with Crippen molar-refractivity contribution < 1.29 is 28.6 Å². The minimum atomic E-state index is -1.63. The first kappa shape index (κ1) is 18.7. The van der Waals surface area contributed by atoms with Gasteiger partial charge in [0.25, 0.3) is 0 Å². The molecule has 0 amide bonds. The average Bonchev–Trinajstić information content (AvgIpc) is 3.42. The van der Waals surface area contributed by atoms with Crippen LogP contribution >= 0.6 is 0 Å². The molecule has 0 bridgehead atoms. The van der Waals surface area contributed by atoms with Gasteiger partial charge >= 0.3 is 5.97 Å². The molecule has 1 aromatic rings. The van der Waals surface area contributed by atoms with Gasteiger partial charge in [0.05, 0.1) is 18.4 Å². The van der Waals surface area contributed by atoms with Crippen LogP contribution in [0.1, 0.15) is 30.1 Å². The summed E-state index contributed by atoms with van der Waals surface area (Å²) in [6.45, 7) is 2.88. The van der Waals surface area contributed by atoms with E-state index in [0.29, 0.717) is 25.9 Å². The van der Waals surface area contributed by atoms with Crippen molar-refractivity contribution in [2.75, 3.05) is 30.0 Å². The summed E-state index contributed by atoms with van der Waals surface area (Å²) in [6, 6.07) is -0.951. The van der Waals surface area contributed by atoms with E-state index in [9.17, 15) is 19.5 Å². The zero-order valence-electron chi connectivity index (χ0n) is 15.6. The van der Waals surface area contributed by atoms with E-state index in [0.717, 1.165) is 6.07 Å². The monoisotopic (exact) mass is 391 g/mol. The van der Waals surface area contributed by atoms with Crippen molar-refractivity contribution in [2.24, 2.45) is 11.7 Å². The Balaban J connectivity index is 1.94. The van der Waals surface area contributed by atoms with Gasteiger partial charge in [0.2, 0.25) is 11.6 Å². The normalized spacial score (nSPS) is 27.2. The Kier molecular flexibility index (Phi) is 4.29. The molecule has 4 rings (SSSR count). The van der Waals surface area contributed by atoms with Gasteiger partial charge in [-0.25, -0.2) is 9.18 Å². The summed E-state index contributed by atoms with van der Waals surface area (Å²) in [4.78, 5) is 40.0. The van der Waals surface area contributed by atoms with Crippen LogP contribution < -0.4 is 20.3 Å². The fourth-order valence-corrected chi connectivity index (χ4v) is 4.19. The summed E-state index contributed by atoms with van der Waals surface area (Å²) < 4.78 is 20.6. The van der Waals surface area contributed by atoms with E-state index in [1.807, 2.05) is 6.92 Å². The molecule has 2 heterocycles. The van der Waals surface area contributed by atoms with Crippen molar-refractivity contribution in [3.63, 3.8) is 0 Å². The molecular formula is C19H22FN3O5. The molecule has 3 aliphatic rings. The minimum absolute atomic E-state index is 0.0790. The lowest BCUT2D eigenvalue weighted by molar-refractivity contribution is -0.141. The average molecular weight is 391 g/mol. The van der Waals surface area contributed by atoms with Crippen LogP contribution in [0, 0.1) is 11.7 Å². The molecule has 1 aromatic carbocycles. The number of carboxylic acids is 1. The first-order valence-electron chi connectivity index (χ1n) is 9.27. The molecule has 0 aromatic heterocycles. The second-order valence-corrected chi connectivity index (χ2v) is 7.76. The van der Waals surface area contributed by atoms with Crippen molar-refractivity contribution in [3.8, 4) is 5.75 Å². The number of carbonyl (C=O) groups excluding carboxylic acids is 2. The molecule has 3 N–H and O–H groups in total. The number of ketones is 2. The second kappa shape index (κ2) is 6.44. The molecule has 2 fully saturated rings. The van der Waals surface area contributed by atoms with Gasteiger partial charge in [-0.05, 0) is 24.8 Å². The zero-order chi connectivity index (χ0) is 20.3. The summed E-state index contributed by atoms with van der Waals surface area (Å²) >= 11 is 0. The summed E-state index contributed by atoms with van der Waals surface area (Å²) in [6.07, 6.45) is 1.37. The van der Waals surface area contributed by atoms with Crippen molar-refractivity contribution in [3.05, 3.63) is 17.4 Å². The van der Waals surface area contributed by atoms with E-state index in [1.54, 1.807) is 4.90 Å². The summed E-state index contributed by atoms with van der Waals surface area (Å²) in [5.74, 6) is -3.94. The van der Waals surface area contributed by atoms with Crippen molar-refractivity contribution in [2.45, 2.75) is 37.9 Å². The lowest BCUT2D eigenvalue weighted by atomic mass is 9.91. The van der Waals surface area contributed by atoms with Gasteiger partial charge in [-0.2, -0.15) is 0 Å². The van der Waals surface area contributed by atoms with Gasteiger partial charge in [0.15, 0.2) is 17.6 Å². The number of hydrogen-bond donors (Lipinski definition) is 2. The molecule has 1 aliphatic carbocycles. The van der Waals surface area contributed by atoms with Crippen LogP contribution in [0.25, 0.3) is 0 Å². The Morgan fingerprint density at radius 2 is 1.96 bits per heavy atom. The summed E-state index contributed by atoms with van der Waals surface area (Å²) in [5.41, 5.74) is 6.27. The van der Waals surface area contributed by atoms with Gasteiger partial charge in [-0.3, -0.25) is 9.59 Å². The number of nitrogens with zero attached hydrogens (tertiary/aromatic N) is 2. The third-order valence-electron chi connectivity index (χ3n) is 5.80. The molecule has 1 saturated carbocycles. The Morgan fingerprint density at radius 1 is 1.29 bits per heavy atom. The first-order chi connectivity index (χ1) is 13.3. The molecule has 1 unspecified atom stereocenters. The van der Waals surface area contributed by atoms with Crippen molar-refractivity contribution in [1.29, 1.82) is 0 Å². The number of Topliss-reactive ketones (excluding diaryl/α,β-unsaturated/α-hetero) is 2. The Morgan fingerprint density at radius 3 is 2.46 bits per heavy atom. The lowest BCUT2D eigenvalue weighted by Gasteiger charge is -2.37. The largest absolute Gasteiger partial charge is 0.492 e. The maximum absolute atomic E-state index is 15.1. The predicted octanol–water partition coefficient (Wildman–Crippen LogP) is 0.805. The van der Waals surface area contributed by atoms with Crippen LogP contribution in [0.2, 0.25) is 0 Å². The van der Waals surface area contributed by atoms with E-state index < -0.39 is 29.4 Å². The van der Waals surface area contributed by atoms with E-state index in [2.05, 4.69) is 0 Å². The third kappa shape index (κ3) is 2.64. The SMILES string of the molecule is COc1c(N2C[C@@H](C)[C@H](N)C2)c(F)cc2c1N(C1CC1)C(C(=O)O)C(=O)C2=O. The van der Waals surface area contributed by atoms with E-state index in [1.165, 1.54) is 12.0 Å². The number of aliphatic carboxylic acids is 1. The molecule has 3 atom stereocenters. The molecule has 0 radical (unpaired) electrons. The van der Waals surface area contributed by atoms with E-state index in [-0.39, 0.29) is 40.7 Å². The highest BCUT2D eigenvalue weighted by molar-refractivity contribution is 6.51. The van der Waals surface area contributed by atoms with Crippen LogP contribution in [0.15, 0.2) is 6.07 Å². The van der Waals surface area contributed by atoms with E-state index >= 15 is 4.39 Å². The number of nitrogens with two attached hydrogens (primary N) is 1.